The van der Waals surface area contributed by atoms with Crippen LogP contribution in [-0.4, -0.2) is 45.9 Å². The number of nitrogens with zero attached hydrogens (tertiary/aromatic N) is 3. The molecule has 31 heavy (non-hydrogen) atoms. The predicted octanol–water partition coefficient (Wildman–Crippen LogP) is 2.78. The lowest BCUT2D eigenvalue weighted by Crippen LogP contribution is -2.29. The molecule has 160 valence electrons. The van der Waals surface area contributed by atoms with E-state index in [1.165, 1.54) is 16.7 Å². The fourth-order valence-electron chi connectivity index (χ4n) is 2.45. The summed E-state index contributed by atoms with van der Waals surface area (Å²) >= 11 is 1.20. The van der Waals surface area contributed by atoms with Crippen LogP contribution < -0.4 is 10.6 Å². The minimum absolute atomic E-state index is 0.0636. The Bertz CT molecular complexity index is 1070. The van der Waals surface area contributed by atoms with Crippen LogP contribution in [0.4, 0.5) is 5.69 Å². The van der Waals surface area contributed by atoms with Crippen molar-refractivity contribution in [1.82, 2.24) is 20.3 Å². The molecule has 0 fully saturated rings. The highest BCUT2D eigenvalue weighted by Gasteiger charge is 2.17. The molecular formula is C21H21N5O4S. The highest BCUT2D eigenvalue weighted by molar-refractivity contribution is 7.13. The third-order valence-electron chi connectivity index (χ3n) is 3.92. The number of ether oxygens (including phenoxy) is 1. The number of rotatable bonds is 8. The number of hydrogen-bond donors (Lipinski definition) is 2. The second-order valence-corrected chi connectivity index (χ2v) is 7.74. The molecule has 2 heterocycles. The molecule has 3 rings (SSSR count). The number of esters is 1. The first-order valence-electron chi connectivity index (χ1n) is 9.51. The van der Waals surface area contributed by atoms with Crippen molar-refractivity contribution in [3.8, 4) is 10.8 Å². The maximum atomic E-state index is 12.4. The normalized spacial score (nSPS) is 10.5. The molecule has 9 nitrogen and oxygen atoms in total. The molecule has 2 aromatic heterocycles. The van der Waals surface area contributed by atoms with Gasteiger partial charge in [0.1, 0.15) is 0 Å². The topological polar surface area (TPSA) is 123 Å². The Hall–Kier alpha value is -3.66. The lowest BCUT2D eigenvalue weighted by Gasteiger charge is -2.12. The fourth-order valence-corrected chi connectivity index (χ4v) is 3.19. The first-order chi connectivity index (χ1) is 14.9. The van der Waals surface area contributed by atoms with E-state index in [2.05, 4.69) is 25.6 Å². The van der Waals surface area contributed by atoms with E-state index in [1.807, 2.05) is 13.8 Å². The van der Waals surface area contributed by atoms with Gasteiger partial charge in [-0.1, -0.05) is 26.0 Å². The highest BCUT2D eigenvalue weighted by atomic mass is 32.1. The Morgan fingerprint density at radius 1 is 1.10 bits per heavy atom. The van der Waals surface area contributed by atoms with Gasteiger partial charge in [0.15, 0.2) is 23.1 Å². The Balaban J connectivity index is 1.57. The van der Waals surface area contributed by atoms with Crippen LogP contribution in [0.1, 0.15) is 34.7 Å². The van der Waals surface area contributed by atoms with Gasteiger partial charge in [-0.25, -0.2) is 19.7 Å². The Morgan fingerprint density at radius 2 is 1.84 bits per heavy atom. The molecule has 0 unspecified atom stereocenters. The molecule has 0 saturated heterocycles. The zero-order valence-corrected chi connectivity index (χ0v) is 17.8. The van der Waals surface area contributed by atoms with Gasteiger partial charge in [-0.3, -0.25) is 9.59 Å². The van der Waals surface area contributed by atoms with E-state index in [1.54, 1.807) is 42.7 Å². The molecule has 0 atom stereocenters. The molecule has 0 aliphatic rings. The van der Waals surface area contributed by atoms with Crippen molar-refractivity contribution in [2.24, 2.45) is 5.92 Å². The number of carbonyl (C=O) groups is 3. The minimum atomic E-state index is -0.739. The van der Waals surface area contributed by atoms with Gasteiger partial charge in [0.2, 0.25) is 0 Å². The smallest absolute Gasteiger partial charge is 0.358 e. The summed E-state index contributed by atoms with van der Waals surface area (Å²) in [4.78, 5) is 49.1. The zero-order chi connectivity index (χ0) is 22.2. The summed E-state index contributed by atoms with van der Waals surface area (Å²) in [6, 6.07) is 8.30. The van der Waals surface area contributed by atoms with E-state index >= 15 is 0 Å². The van der Waals surface area contributed by atoms with E-state index in [9.17, 15) is 14.4 Å². The number of thiazole rings is 1. The lowest BCUT2D eigenvalue weighted by atomic mass is 10.1. The van der Waals surface area contributed by atoms with E-state index in [0.29, 0.717) is 34.5 Å². The zero-order valence-electron chi connectivity index (χ0n) is 17.0. The average Bonchev–Trinajstić information content (AvgIpc) is 3.27. The summed E-state index contributed by atoms with van der Waals surface area (Å²) in [5, 5.41) is 7.39. The first-order valence-corrected chi connectivity index (χ1v) is 10.4. The predicted molar refractivity (Wildman–Crippen MR) is 116 cm³/mol. The molecule has 0 aliphatic carbocycles. The molecule has 10 heteroatoms. The summed E-state index contributed by atoms with van der Waals surface area (Å²) in [6.45, 7) is 3.97. The van der Waals surface area contributed by atoms with Crippen LogP contribution in [0.15, 0.2) is 48.1 Å². The monoisotopic (exact) mass is 439 g/mol. The van der Waals surface area contributed by atoms with E-state index in [0.717, 1.165) is 0 Å². The first kappa shape index (κ1) is 22.0. The third kappa shape index (κ3) is 6.16. The van der Waals surface area contributed by atoms with Gasteiger partial charge in [-0.2, -0.15) is 0 Å². The quantitative estimate of drug-likeness (QED) is 0.517. The number of hydrogen-bond acceptors (Lipinski definition) is 8. The van der Waals surface area contributed by atoms with Crippen molar-refractivity contribution >= 4 is 34.8 Å². The second-order valence-electron chi connectivity index (χ2n) is 6.88. The van der Waals surface area contributed by atoms with Crippen LogP contribution in [-0.2, 0) is 9.53 Å². The van der Waals surface area contributed by atoms with E-state index in [-0.39, 0.29) is 11.6 Å². The number of aromatic nitrogens is 3. The summed E-state index contributed by atoms with van der Waals surface area (Å²) in [5.74, 6) is -0.906. The largest absolute Gasteiger partial charge is 0.451 e. The van der Waals surface area contributed by atoms with Gasteiger partial charge in [0.05, 0.1) is 11.3 Å². The molecule has 0 aliphatic heterocycles. The Kier molecular flexibility index (Phi) is 7.39. The molecule has 0 radical (unpaired) electrons. The SMILES string of the molecule is CC(C)CNC(=O)c1ccccc1NC(=O)COC(=O)c1csc(-c2ncccn2)n1. The van der Waals surface area contributed by atoms with Crippen molar-refractivity contribution in [2.75, 3.05) is 18.5 Å². The van der Waals surface area contributed by atoms with Crippen molar-refractivity contribution in [3.05, 3.63) is 59.4 Å². The standard InChI is InChI=1S/C21H21N5O4S/c1-13(2)10-24-19(28)14-6-3-4-7-15(14)25-17(27)11-30-21(29)16-12-31-20(26-16)18-22-8-5-9-23-18/h3-9,12-13H,10-11H2,1-2H3,(H,24,28)(H,25,27). The van der Waals surface area contributed by atoms with Gasteiger partial charge in [0.25, 0.3) is 11.8 Å². The van der Waals surface area contributed by atoms with Crippen molar-refractivity contribution in [2.45, 2.75) is 13.8 Å². The van der Waals surface area contributed by atoms with Crippen molar-refractivity contribution in [3.63, 3.8) is 0 Å². The van der Waals surface area contributed by atoms with Crippen LogP contribution in [0.3, 0.4) is 0 Å². The van der Waals surface area contributed by atoms with Crippen LogP contribution in [0, 0.1) is 5.92 Å². The van der Waals surface area contributed by atoms with E-state index < -0.39 is 18.5 Å². The van der Waals surface area contributed by atoms with Gasteiger partial charge >= 0.3 is 5.97 Å². The molecule has 2 N–H and O–H groups in total. The van der Waals surface area contributed by atoms with Crippen LogP contribution in [0.5, 0.6) is 0 Å². The van der Waals surface area contributed by atoms with Gasteiger partial charge in [0, 0.05) is 24.3 Å². The number of carbonyl (C=O) groups excluding carboxylic acids is 3. The minimum Gasteiger partial charge on any atom is -0.451 e. The summed E-state index contributed by atoms with van der Waals surface area (Å²) in [5.41, 5.74) is 0.727. The van der Waals surface area contributed by atoms with Gasteiger partial charge in [-0.05, 0) is 24.1 Å². The van der Waals surface area contributed by atoms with E-state index in [4.69, 9.17) is 4.74 Å². The number of benzene rings is 1. The van der Waals surface area contributed by atoms with Gasteiger partial charge in [-0.15, -0.1) is 11.3 Å². The number of anilines is 1. The van der Waals surface area contributed by atoms with Gasteiger partial charge < -0.3 is 15.4 Å². The number of para-hydroxylation sites is 1. The average molecular weight is 439 g/mol. The summed E-state index contributed by atoms with van der Waals surface area (Å²) < 4.78 is 5.04. The molecule has 0 bridgehead atoms. The third-order valence-corrected chi connectivity index (χ3v) is 4.76. The molecular weight excluding hydrogens is 418 g/mol. The van der Waals surface area contributed by atoms with Crippen LogP contribution in [0.25, 0.3) is 10.8 Å². The maximum Gasteiger partial charge on any atom is 0.358 e. The molecule has 2 amide bonds. The Labute approximate surface area is 182 Å². The molecule has 0 spiro atoms. The van der Waals surface area contributed by atoms with Crippen LogP contribution in [0.2, 0.25) is 0 Å². The second kappa shape index (κ2) is 10.4. The Morgan fingerprint density at radius 3 is 2.58 bits per heavy atom. The molecule has 3 aromatic rings. The maximum absolute atomic E-state index is 12.4. The highest BCUT2D eigenvalue weighted by Crippen LogP contribution is 2.20. The fraction of sp³-hybridized carbons (Fsp3) is 0.238. The number of nitrogens with one attached hydrogen (secondary N) is 2. The molecule has 0 saturated carbocycles. The summed E-state index contributed by atoms with van der Waals surface area (Å²) in [6.07, 6.45) is 3.15. The van der Waals surface area contributed by atoms with Crippen molar-refractivity contribution < 1.29 is 19.1 Å². The number of amides is 2. The summed E-state index contributed by atoms with van der Waals surface area (Å²) in [7, 11) is 0. The van der Waals surface area contributed by atoms with Crippen LogP contribution >= 0.6 is 11.3 Å². The lowest BCUT2D eigenvalue weighted by molar-refractivity contribution is -0.119. The van der Waals surface area contributed by atoms with Crippen molar-refractivity contribution in [1.29, 1.82) is 0 Å². The molecule has 1 aromatic carbocycles.